The normalized spacial score (nSPS) is 17.5. The van der Waals surface area contributed by atoms with Crippen molar-refractivity contribution >= 4 is 27.5 Å². The topological polar surface area (TPSA) is 74.8 Å². The fraction of sp³-hybridized carbons (Fsp3) is 0.650. The molecular formula is C20H29N3O2S. The molecule has 0 radical (unpaired) electrons. The van der Waals surface area contributed by atoms with Crippen LogP contribution in [-0.2, 0) is 24.1 Å². The number of nitrogens with zero attached hydrogens (tertiary/aromatic N) is 1. The minimum absolute atomic E-state index is 0.0127. The van der Waals surface area contributed by atoms with Gasteiger partial charge in [-0.05, 0) is 50.0 Å². The third kappa shape index (κ3) is 4.00. The number of amides is 1. The van der Waals surface area contributed by atoms with E-state index in [1.54, 1.807) is 11.3 Å². The first-order valence-electron chi connectivity index (χ1n) is 9.48. The molecule has 2 aromatic heterocycles. The number of rotatable bonds is 4. The monoisotopic (exact) mass is 375 g/mol. The number of hydrogen-bond acceptors (Lipinski definition) is 4. The van der Waals surface area contributed by atoms with Crippen LogP contribution in [0.1, 0.15) is 63.7 Å². The zero-order chi connectivity index (χ0) is 19.1. The van der Waals surface area contributed by atoms with Gasteiger partial charge in [0.15, 0.2) is 0 Å². The Kier molecular flexibility index (Phi) is 5.24. The van der Waals surface area contributed by atoms with Crippen LogP contribution in [0.4, 0.5) is 0 Å². The Hall–Kier alpha value is -1.69. The second-order valence-electron chi connectivity index (χ2n) is 8.72. The van der Waals surface area contributed by atoms with Crippen molar-refractivity contribution in [1.29, 1.82) is 0 Å². The highest BCUT2D eigenvalue weighted by Gasteiger charge is 2.31. The third-order valence-electron chi connectivity index (χ3n) is 5.23. The fourth-order valence-corrected chi connectivity index (χ4v) is 5.03. The van der Waals surface area contributed by atoms with Crippen LogP contribution in [0.25, 0.3) is 10.2 Å². The molecule has 1 amide bonds. The van der Waals surface area contributed by atoms with Gasteiger partial charge in [0.1, 0.15) is 10.7 Å². The number of carbonyl (C=O) groups is 1. The Morgan fingerprint density at radius 3 is 2.77 bits per heavy atom. The van der Waals surface area contributed by atoms with Gasteiger partial charge in [0.2, 0.25) is 5.91 Å². The van der Waals surface area contributed by atoms with E-state index in [1.165, 1.54) is 10.4 Å². The van der Waals surface area contributed by atoms with Gasteiger partial charge in [0, 0.05) is 23.8 Å². The first-order valence-corrected chi connectivity index (χ1v) is 10.3. The van der Waals surface area contributed by atoms with E-state index in [9.17, 15) is 9.59 Å². The van der Waals surface area contributed by atoms with Crippen LogP contribution < -0.4 is 10.9 Å². The molecule has 3 rings (SSSR count). The van der Waals surface area contributed by atoms with E-state index in [-0.39, 0.29) is 22.9 Å². The molecule has 5 nitrogen and oxygen atoms in total. The second-order valence-corrected chi connectivity index (χ2v) is 9.81. The molecule has 1 aliphatic carbocycles. The number of nitrogens with one attached hydrogen (secondary N) is 2. The molecular weight excluding hydrogens is 346 g/mol. The van der Waals surface area contributed by atoms with E-state index in [0.29, 0.717) is 24.6 Å². The quantitative estimate of drug-likeness (QED) is 0.857. The van der Waals surface area contributed by atoms with Crippen LogP contribution in [0.3, 0.4) is 0 Å². The lowest BCUT2D eigenvalue weighted by Crippen LogP contribution is -2.30. The van der Waals surface area contributed by atoms with E-state index >= 15 is 0 Å². The molecule has 2 N–H and O–H groups in total. The molecule has 0 spiro atoms. The molecule has 0 saturated heterocycles. The van der Waals surface area contributed by atoms with Crippen LogP contribution in [0.5, 0.6) is 0 Å². The lowest BCUT2D eigenvalue weighted by atomic mass is 9.72. The van der Waals surface area contributed by atoms with Crippen LogP contribution in [0, 0.1) is 11.3 Å². The van der Waals surface area contributed by atoms with E-state index in [1.807, 2.05) is 13.8 Å². The molecule has 0 aliphatic heterocycles. The maximum Gasteiger partial charge on any atom is 0.259 e. The molecule has 26 heavy (non-hydrogen) atoms. The maximum atomic E-state index is 12.6. The zero-order valence-corrected chi connectivity index (χ0v) is 17.2. The van der Waals surface area contributed by atoms with E-state index in [2.05, 4.69) is 36.1 Å². The molecule has 2 aromatic rings. The minimum atomic E-state index is -0.0547. The van der Waals surface area contributed by atoms with Crippen molar-refractivity contribution in [2.75, 3.05) is 0 Å². The Morgan fingerprint density at radius 2 is 2.12 bits per heavy atom. The van der Waals surface area contributed by atoms with Gasteiger partial charge >= 0.3 is 0 Å². The van der Waals surface area contributed by atoms with Gasteiger partial charge in [-0.25, -0.2) is 4.98 Å². The van der Waals surface area contributed by atoms with Crippen molar-refractivity contribution < 1.29 is 4.79 Å². The third-order valence-corrected chi connectivity index (χ3v) is 6.38. The van der Waals surface area contributed by atoms with Gasteiger partial charge in [-0.1, -0.05) is 20.8 Å². The van der Waals surface area contributed by atoms with Gasteiger partial charge < -0.3 is 10.3 Å². The molecule has 1 unspecified atom stereocenters. The van der Waals surface area contributed by atoms with E-state index in [0.717, 1.165) is 29.5 Å². The minimum Gasteiger partial charge on any atom is -0.354 e. The predicted molar refractivity (Wildman–Crippen MR) is 107 cm³/mol. The van der Waals surface area contributed by atoms with Crippen LogP contribution in [-0.4, -0.2) is 21.9 Å². The van der Waals surface area contributed by atoms with Crippen LogP contribution >= 0.6 is 11.3 Å². The van der Waals surface area contributed by atoms with Gasteiger partial charge in [0.25, 0.3) is 5.56 Å². The number of fused-ring (bicyclic) bond motifs is 3. The summed E-state index contributed by atoms with van der Waals surface area (Å²) < 4.78 is 0. The number of aromatic nitrogens is 2. The fourth-order valence-electron chi connectivity index (χ4n) is 3.71. The summed E-state index contributed by atoms with van der Waals surface area (Å²) in [6, 6.07) is 0.122. The first kappa shape index (κ1) is 19.1. The molecule has 0 aromatic carbocycles. The summed E-state index contributed by atoms with van der Waals surface area (Å²) in [4.78, 5) is 34.2. The SMILES string of the molecule is CC(C)NC(=O)CCc1nc2sc3c(c2c(=O)[nH]1)CCC(C(C)(C)C)C3. The smallest absolute Gasteiger partial charge is 0.259 e. The highest BCUT2D eigenvalue weighted by atomic mass is 32.1. The van der Waals surface area contributed by atoms with Crippen molar-refractivity contribution in [2.45, 2.75) is 72.8 Å². The number of aryl methyl sites for hydroxylation is 2. The van der Waals surface area contributed by atoms with Crippen LogP contribution in [0.2, 0.25) is 0 Å². The molecule has 0 fully saturated rings. The van der Waals surface area contributed by atoms with E-state index in [4.69, 9.17) is 0 Å². The van der Waals surface area contributed by atoms with Crippen molar-refractivity contribution in [2.24, 2.45) is 11.3 Å². The summed E-state index contributed by atoms with van der Waals surface area (Å²) in [5, 5.41) is 3.64. The van der Waals surface area contributed by atoms with E-state index < -0.39 is 0 Å². The zero-order valence-electron chi connectivity index (χ0n) is 16.4. The van der Waals surface area contributed by atoms with Crippen molar-refractivity contribution in [3.8, 4) is 0 Å². The largest absolute Gasteiger partial charge is 0.354 e. The summed E-state index contributed by atoms with van der Waals surface area (Å²) in [5.41, 5.74) is 1.42. The summed E-state index contributed by atoms with van der Waals surface area (Å²) in [6.07, 6.45) is 3.91. The van der Waals surface area contributed by atoms with Gasteiger partial charge in [-0.15, -0.1) is 11.3 Å². The lowest BCUT2D eigenvalue weighted by Gasteiger charge is -2.33. The van der Waals surface area contributed by atoms with Crippen molar-refractivity contribution in [3.05, 3.63) is 26.6 Å². The van der Waals surface area contributed by atoms with Crippen LogP contribution in [0.15, 0.2) is 4.79 Å². The molecule has 1 aliphatic rings. The molecule has 2 heterocycles. The maximum absolute atomic E-state index is 12.6. The lowest BCUT2D eigenvalue weighted by molar-refractivity contribution is -0.121. The average Bonchev–Trinajstić information content (AvgIpc) is 2.89. The summed E-state index contributed by atoms with van der Waals surface area (Å²) in [7, 11) is 0. The Morgan fingerprint density at radius 1 is 1.38 bits per heavy atom. The number of thiophene rings is 1. The van der Waals surface area contributed by atoms with Gasteiger partial charge in [0.05, 0.1) is 5.39 Å². The summed E-state index contributed by atoms with van der Waals surface area (Å²) in [5.74, 6) is 1.23. The van der Waals surface area contributed by atoms with Gasteiger partial charge in [-0.3, -0.25) is 9.59 Å². The van der Waals surface area contributed by atoms with Crippen molar-refractivity contribution in [1.82, 2.24) is 15.3 Å². The average molecular weight is 376 g/mol. The standard InChI is InChI=1S/C20H29N3O2S/c1-11(2)21-16(24)9-8-15-22-18(25)17-13-7-6-12(20(3,4)5)10-14(13)26-19(17)23-15/h11-12H,6-10H2,1-5H3,(H,21,24)(H,22,23,25). The Bertz CT molecular complexity index is 874. The highest BCUT2D eigenvalue weighted by molar-refractivity contribution is 7.18. The number of carbonyl (C=O) groups excluding carboxylic acids is 1. The molecule has 1 atom stereocenters. The predicted octanol–water partition coefficient (Wildman–Crippen LogP) is 3.59. The van der Waals surface area contributed by atoms with Crippen molar-refractivity contribution in [3.63, 3.8) is 0 Å². The molecule has 0 bridgehead atoms. The Balaban J connectivity index is 1.84. The number of aromatic amines is 1. The molecule has 142 valence electrons. The van der Waals surface area contributed by atoms with Gasteiger partial charge in [-0.2, -0.15) is 0 Å². The number of H-pyrrole nitrogens is 1. The number of hydrogen-bond donors (Lipinski definition) is 2. The molecule has 6 heteroatoms. The Labute approximate surface area is 158 Å². The first-order chi connectivity index (χ1) is 12.1. The molecule has 0 saturated carbocycles. The second kappa shape index (κ2) is 7.14. The summed E-state index contributed by atoms with van der Waals surface area (Å²) >= 11 is 1.66. The summed E-state index contributed by atoms with van der Waals surface area (Å²) in [6.45, 7) is 10.8. The highest BCUT2D eigenvalue weighted by Crippen LogP contribution is 2.41.